The quantitative estimate of drug-likeness (QED) is 0.175. The summed E-state index contributed by atoms with van der Waals surface area (Å²) in [6, 6.07) is 58.2. The number of fused-ring (bicyclic) bond motifs is 14. The number of hydrogen-bond donors (Lipinski definition) is 0. The highest BCUT2D eigenvalue weighted by atomic mass is 15.2. The van der Waals surface area contributed by atoms with E-state index < -0.39 is 0 Å². The van der Waals surface area contributed by atoms with E-state index in [0.29, 0.717) is 0 Å². The lowest BCUT2D eigenvalue weighted by molar-refractivity contribution is 1.06. The van der Waals surface area contributed by atoms with E-state index in [2.05, 4.69) is 165 Å². The van der Waals surface area contributed by atoms with Crippen LogP contribution in [0.4, 0.5) is 0 Å². The predicted octanol–water partition coefficient (Wildman–Crippen LogP) is 11.4. The number of aromatic nitrogens is 6. The average Bonchev–Trinajstić information content (AvgIpc) is 3.87. The molecule has 0 aliphatic rings. The summed E-state index contributed by atoms with van der Waals surface area (Å²) in [6.45, 7) is 0. The van der Waals surface area contributed by atoms with Gasteiger partial charge in [-0.15, -0.1) is 0 Å². The lowest BCUT2D eigenvalue weighted by atomic mass is 10.00. The van der Waals surface area contributed by atoms with Gasteiger partial charge in [0.1, 0.15) is 5.82 Å². The third-order valence-electron chi connectivity index (χ3n) is 10.9. The normalized spacial score (nSPS) is 12.2. The fraction of sp³-hybridized carbons (Fsp3) is 0. The zero-order valence-corrected chi connectivity index (χ0v) is 28.3. The fourth-order valence-electron chi connectivity index (χ4n) is 8.55. The molecule has 0 aliphatic carbocycles. The Hall–Kier alpha value is -7.31. The van der Waals surface area contributed by atoms with E-state index >= 15 is 0 Å². The number of nitrogens with zero attached hydrogens (tertiary/aromatic N) is 6. The van der Waals surface area contributed by atoms with Crippen molar-refractivity contribution in [2.45, 2.75) is 0 Å². The van der Waals surface area contributed by atoms with Crippen LogP contribution < -0.4 is 0 Å². The summed E-state index contributed by atoms with van der Waals surface area (Å²) in [4.78, 5) is 15.4. The number of hydrogen-bond acceptors (Lipinski definition) is 3. The van der Waals surface area contributed by atoms with Crippen LogP contribution in [0, 0.1) is 0 Å². The van der Waals surface area contributed by atoms with Gasteiger partial charge in [0.2, 0.25) is 5.78 Å². The summed E-state index contributed by atoms with van der Waals surface area (Å²) in [5, 5.41) is 7.00. The van der Waals surface area contributed by atoms with Crippen LogP contribution in [0.1, 0.15) is 0 Å². The van der Waals surface area contributed by atoms with Crippen molar-refractivity contribution in [2.24, 2.45) is 0 Å². The molecule has 0 atom stereocenters. The van der Waals surface area contributed by atoms with Gasteiger partial charge in [-0.3, -0.25) is 14.0 Å². The Kier molecular flexibility index (Phi) is 5.68. The molecule has 0 amide bonds. The van der Waals surface area contributed by atoms with Crippen molar-refractivity contribution in [3.63, 3.8) is 0 Å². The Morgan fingerprint density at radius 2 is 1.04 bits per heavy atom. The molecule has 0 N–H and O–H groups in total. The molecule has 5 aromatic heterocycles. The summed E-state index contributed by atoms with van der Waals surface area (Å²) in [6.07, 6.45) is 1.85. The Labute approximate surface area is 302 Å². The van der Waals surface area contributed by atoms with E-state index in [9.17, 15) is 0 Å². The van der Waals surface area contributed by atoms with Gasteiger partial charge in [-0.05, 0) is 94.7 Å². The van der Waals surface area contributed by atoms with Gasteiger partial charge in [-0.2, -0.15) is 0 Å². The zero-order valence-electron chi connectivity index (χ0n) is 28.3. The maximum Gasteiger partial charge on any atom is 0.221 e. The Morgan fingerprint density at radius 1 is 0.377 bits per heavy atom. The van der Waals surface area contributed by atoms with Gasteiger partial charge in [-0.25, -0.2) is 9.97 Å². The maximum absolute atomic E-state index is 5.38. The van der Waals surface area contributed by atoms with Gasteiger partial charge >= 0.3 is 0 Å². The van der Waals surface area contributed by atoms with Gasteiger partial charge < -0.3 is 4.57 Å². The summed E-state index contributed by atoms with van der Waals surface area (Å²) in [5.41, 5.74) is 11.7. The van der Waals surface area contributed by atoms with Crippen molar-refractivity contribution in [3.05, 3.63) is 170 Å². The third kappa shape index (κ3) is 3.94. The van der Waals surface area contributed by atoms with Gasteiger partial charge in [0.15, 0.2) is 0 Å². The van der Waals surface area contributed by atoms with Crippen LogP contribution >= 0.6 is 0 Å². The number of benzene rings is 7. The standard InChI is InChI=1S/C47H28N6/c1-2-11-31(12-3-1)51-39-18-8-6-15-34(39)37-27-29(20-23-40(37)51)30-21-24-42-43(28-30)52-41-19-9-7-17-38(41)49-47(52)53(42)44-25-22-36-33-14-5-4-13-32(33)35-16-10-26-48-45(35)46(36)50-44/h1-28H. The highest BCUT2D eigenvalue weighted by Crippen LogP contribution is 2.38. The second kappa shape index (κ2) is 10.6. The molecule has 12 rings (SSSR count). The zero-order chi connectivity index (χ0) is 34.6. The number of imidazole rings is 2. The van der Waals surface area contributed by atoms with E-state index in [1.54, 1.807) is 0 Å². The largest absolute Gasteiger partial charge is 0.309 e. The molecule has 0 bridgehead atoms. The molecule has 53 heavy (non-hydrogen) atoms. The molecule has 0 saturated carbocycles. The molecular formula is C47H28N6. The Balaban J connectivity index is 1.11. The van der Waals surface area contributed by atoms with Gasteiger partial charge in [-0.1, -0.05) is 91.0 Å². The first-order chi connectivity index (χ1) is 26.3. The first-order valence-corrected chi connectivity index (χ1v) is 17.9. The minimum absolute atomic E-state index is 0.804. The molecule has 0 fully saturated rings. The lowest BCUT2D eigenvalue weighted by Crippen LogP contribution is -1.99. The molecule has 246 valence electrons. The summed E-state index contributed by atoms with van der Waals surface area (Å²) in [5.74, 6) is 1.63. The fourth-order valence-corrected chi connectivity index (χ4v) is 8.55. The van der Waals surface area contributed by atoms with Crippen LogP contribution in [-0.2, 0) is 0 Å². The van der Waals surface area contributed by atoms with Crippen molar-refractivity contribution >= 4 is 82.2 Å². The van der Waals surface area contributed by atoms with E-state index in [0.717, 1.165) is 72.3 Å². The maximum atomic E-state index is 5.38. The van der Waals surface area contributed by atoms with Crippen molar-refractivity contribution in [2.75, 3.05) is 0 Å². The minimum Gasteiger partial charge on any atom is -0.309 e. The van der Waals surface area contributed by atoms with Crippen LogP contribution in [-0.4, -0.2) is 28.5 Å². The van der Waals surface area contributed by atoms with Gasteiger partial charge in [0.25, 0.3) is 0 Å². The highest BCUT2D eigenvalue weighted by molar-refractivity contribution is 6.23. The SMILES string of the molecule is c1ccc(-n2c3ccccc3c3cc(-c4ccc5c(c4)n4c6ccccc6nc4n5-c4ccc5c6ccccc6c6cccnc6c5n4)ccc32)cc1. The minimum atomic E-state index is 0.804. The number of rotatable bonds is 3. The molecule has 0 aliphatic heterocycles. The molecule has 5 heterocycles. The van der Waals surface area contributed by atoms with Crippen LogP contribution in [0.3, 0.4) is 0 Å². The molecule has 6 heteroatoms. The highest BCUT2D eigenvalue weighted by Gasteiger charge is 2.21. The lowest BCUT2D eigenvalue weighted by Gasteiger charge is -2.11. The first-order valence-electron chi connectivity index (χ1n) is 17.9. The van der Waals surface area contributed by atoms with E-state index in [1.807, 2.05) is 18.3 Å². The van der Waals surface area contributed by atoms with Gasteiger partial charge in [0.05, 0.1) is 44.1 Å². The predicted molar refractivity (Wildman–Crippen MR) is 217 cm³/mol. The molecular weight excluding hydrogens is 649 g/mol. The van der Waals surface area contributed by atoms with Crippen LogP contribution in [0.5, 0.6) is 0 Å². The Morgan fingerprint density at radius 3 is 1.89 bits per heavy atom. The number of pyridine rings is 2. The van der Waals surface area contributed by atoms with Crippen molar-refractivity contribution in [1.82, 2.24) is 28.5 Å². The van der Waals surface area contributed by atoms with E-state index in [4.69, 9.17) is 15.0 Å². The average molecular weight is 677 g/mol. The topological polar surface area (TPSA) is 52.9 Å². The third-order valence-corrected chi connectivity index (χ3v) is 10.9. The van der Waals surface area contributed by atoms with Crippen LogP contribution in [0.15, 0.2) is 170 Å². The summed E-state index contributed by atoms with van der Waals surface area (Å²) in [7, 11) is 0. The summed E-state index contributed by atoms with van der Waals surface area (Å²) < 4.78 is 6.83. The smallest absolute Gasteiger partial charge is 0.221 e. The molecule has 0 saturated heterocycles. The van der Waals surface area contributed by atoms with Gasteiger partial charge in [0, 0.05) is 33.4 Å². The molecule has 6 nitrogen and oxygen atoms in total. The van der Waals surface area contributed by atoms with Crippen molar-refractivity contribution in [3.8, 4) is 22.6 Å². The molecule has 0 radical (unpaired) electrons. The van der Waals surface area contributed by atoms with Crippen LogP contribution in [0.25, 0.3) is 105 Å². The second-order valence-electron chi connectivity index (χ2n) is 13.7. The monoisotopic (exact) mass is 676 g/mol. The number of para-hydroxylation sites is 4. The van der Waals surface area contributed by atoms with Crippen molar-refractivity contribution < 1.29 is 0 Å². The van der Waals surface area contributed by atoms with Crippen LogP contribution in [0.2, 0.25) is 0 Å². The van der Waals surface area contributed by atoms with E-state index in [-0.39, 0.29) is 0 Å². The molecule has 12 aromatic rings. The van der Waals surface area contributed by atoms with E-state index in [1.165, 1.54) is 32.6 Å². The molecule has 0 unspecified atom stereocenters. The Bertz CT molecular complexity index is 3420. The summed E-state index contributed by atoms with van der Waals surface area (Å²) >= 11 is 0. The first kappa shape index (κ1) is 28.4. The molecule has 7 aromatic carbocycles. The second-order valence-corrected chi connectivity index (χ2v) is 13.7. The van der Waals surface area contributed by atoms with Crippen molar-refractivity contribution in [1.29, 1.82) is 0 Å². The molecule has 0 spiro atoms.